The average molecular weight is 453 g/mol. The summed E-state index contributed by atoms with van der Waals surface area (Å²) >= 11 is 12.8. The van der Waals surface area contributed by atoms with E-state index < -0.39 is 12.1 Å². The summed E-state index contributed by atoms with van der Waals surface area (Å²) in [5, 5.41) is 20.2. The zero-order valence-electron chi connectivity index (χ0n) is 18.1. The van der Waals surface area contributed by atoms with Crippen LogP contribution in [0.2, 0.25) is 10.0 Å². The first kappa shape index (κ1) is 24.5. The fourth-order valence-electron chi connectivity index (χ4n) is 3.55. The van der Waals surface area contributed by atoms with Gasteiger partial charge in [0.15, 0.2) is 0 Å². The Kier molecular flexibility index (Phi) is 7.84. The van der Waals surface area contributed by atoms with E-state index in [1.807, 2.05) is 45.0 Å². The highest BCUT2D eigenvalue weighted by molar-refractivity contribution is 6.33. The lowest BCUT2D eigenvalue weighted by Crippen LogP contribution is -2.32. The molecule has 0 amide bonds. The van der Waals surface area contributed by atoms with Crippen LogP contribution in [0.5, 0.6) is 5.75 Å². The summed E-state index contributed by atoms with van der Waals surface area (Å²) in [4.78, 5) is 11.3. The van der Waals surface area contributed by atoms with Crippen LogP contribution in [-0.2, 0) is 5.41 Å². The molecule has 0 aliphatic heterocycles. The van der Waals surface area contributed by atoms with E-state index in [9.17, 15) is 15.0 Å². The van der Waals surface area contributed by atoms with Crippen LogP contribution in [0.25, 0.3) is 0 Å². The maximum Gasteiger partial charge on any atom is 0.337 e. The van der Waals surface area contributed by atoms with E-state index in [-0.39, 0.29) is 28.0 Å². The number of carbonyl (C=O) groups is 1. The average Bonchev–Trinajstić information content (AvgIpc) is 2.67. The van der Waals surface area contributed by atoms with Crippen LogP contribution in [0.1, 0.15) is 68.9 Å². The number of aliphatic hydroxyl groups is 1. The molecule has 0 bridgehead atoms. The van der Waals surface area contributed by atoms with Crippen molar-refractivity contribution in [1.29, 1.82) is 0 Å². The van der Waals surface area contributed by atoms with Gasteiger partial charge in [0.1, 0.15) is 12.4 Å². The predicted octanol–water partition coefficient (Wildman–Crippen LogP) is 6.58. The molecule has 2 aromatic carbocycles. The Hall–Kier alpha value is -1.75. The highest BCUT2D eigenvalue weighted by atomic mass is 35.5. The lowest BCUT2D eigenvalue weighted by Gasteiger charge is -2.34. The monoisotopic (exact) mass is 452 g/mol. The van der Waals surface area contributed by atoms with Gasteiger partial charge in [0.05, 0.1) is 21.7 Å². The van der Waals surface area contributed by atoms with E-state index >= 15 is 0 Å². The topological polar surface area (TPSA) is 66.8 Å². The molecule has 0 saturated heterocycles. The van der Waals surface area contributed by atoms with Crippen LogP contribution < -0.4 is 4.74 Å². The van der Waals surface area contributed by atoms with Crippen LogP contribution in [0.15, 0.2) is 36.4 Å². The predicted molar refractivity (Wildman–Crippen MR) is 122 cm³/mol. The van der Waals surface area contributed by atoms with Crippen molar-refractivity contribution in [3.63, 3.8) is 0 Å². The van der Waals surface area contributed by atoms with Crippen LogP contribution in [0.4, 0.5) is 0 Å². The molecule has 2 aromatic rings. The van der Waals surface area contributed by atoms with Gasteiger partial charge in [-0.05, 0) is 53.6 Å². The fourth-order valence-corrected chi connectivity index (χ4v) is 4.05. The van der Waals surface area contributed by atoms with Crippen molar-refractivity contribution >= 4 is 29.2 Å². The Morgan fingerprint density at radius 2 is 1.53 bits per heavy atom. The summed E-state index contributed by atoms with van der Waals surface area (Å²) in [6, 6.07) is 10.8. The molecule has 0 aromatic heterocycles. The Bertz CT molecular complexity index is 899. The summed E-state index contributed by atoms with van der Waals surface area (Å²) in [5.74, 6) is -0.531. The summed E-state index contributed by atoms with van der Waals surface area (Å²) in [7, 11) is 0. The number of aliphatic hydroxyl groups excluding tert-OH is 1. The molecule has 0 saturated carbocycles. The summed E-state index contributed by atoms with van der Waals surface area (Å²) in [5.41, 5.74) is 1.37. The highest BCUT2D eigenvalue weighted by Crippen LogP contribution is 2.42. The lowest BCUT2D eigenvalue weighted by molar-refractivity contribution is 0.0218. The Balaban J connectivity index is 2.40. The second-order valence-electron chi connectivity index (χ2n) is 8.63. The van der Waals surface area contributed by atoms with E-state index in [4.69, 9.17) is 27.9 Å². The van der Waals surface area contributed by atoms with Gasteiger partial charge >= 0.3 is 5.97 Å². The quantitative estimate of drug-likeness (QED) is 0.474. The lowest BCUT2D eigenvalue weighted by atomic mass is 9.70. The van der Waals surface area contributed by atoms with Gasteiger partial charge in [0.25, 0.3) is 0 Å². The first-order valence-corrected chi connectivity index (χ1v) is 10.9. The van der Waals surface area contributed by atoms with E-state index in [0.717, 1.165) is 24.0 Å². The van der Waals surface area contributed by atoms with Crippen LogP contribution in [-0.4, -0.2) is 28.9 Å². The number of carboxylic acid groups (broad SMARTS) is 1. The van der Waals surface area contributed by atoms with Crippen LogP contribution in [0.3, 0.4) is 0 Å². The van der Waals surface area contributed by atoms with E-state index in [2.05, 4.69) is 13.8 Å². The van der Waals surface area contributed by atoms with Crippen molar-refractivity contribution in [2.75, 3.05) is 6.61 Å². The van der Waals surface area contributed by atoms with Crippen molar-refractivity contribution < 1.29 is 19.7 Å². The molecule has 6 heteroatoms. The summed E-state index contributed by atoms with van der Waals surface area (Å²) in [6.07, 6.45) is 0.949. The maximum absolute atomic E-state index is 11.3. The molecule has 0 spiro atoms. The molecular weight excluding hydrogens is 423 g/mol. The second kappa shape index (κ2) is 9.59. The third-order valence-corrected chi connectivity index (χ3v) is 6.45. The van der Waals surface area contributed by atoms with E-state index in [1.165, 1.54) is 0 Å². The third kappa shape index (κ3) is 5.11. The zero-order valence-corrected chi connectivity index (χ0v) is 19.6. The smallest absolute Gasteiger partial charge is 0.337 e. The van der Waals surface area contributed by atoms with Gasteiger partial charge in [-0.15, -0.1) is 0 Å². The van der Waals surface area contributed by atoms with Crippen molar-refractivity contribution in [2.45, 2.75) is 59.0 Å². The molecule has 4 nitrogen and oxygen atoms in total. The van der Waals surface area contributed by atoms with Gasteiger partial charge in [-0.3, -0.25) is 0 Å². The number of carboxylic acids is 1. The van der Waals surface area contributed by atoms with Gasteiger partial charge in [-0.1, -0.05) is 70.0 Å². The van der Waals surface area contributed by atoms with Gasteiger partial charge in [-0.2, -0.15) is 0 Å². The maximum atomic E-state index is 11.3. The van der Waals surface area contributed by atoms with Gasteiger partial charge in [-0.25, -0.2) is 4.79 Å². The molecule has 0 aliphatic carbocycles. The minimum atomic E-state index is -1.05. The SMILES string of the molecule is CCC(CC)(c1ccc(OCC(O)C(C)(C)C)c(Cl)c1)c1ccc(C(=O)O)c(Cl)c1. The molecule has 2 N–H and O–H groups in total. The number of aromatic carboxylic acids is 1. The van der Waals surface area contributed by atoms with Crippen molar-refractivity contribution in [1.82, 2.24) is 0 Å². The minimum absolute atomic E-state index is 0.0840. The number of hydrogen-bond acceptors (Lipinski definition) is 3. The van der Waals surface area contributed by atoms with Crippen LogP contribution in [0, 0.1) is 5.41 Å². The normalized spacial score (nSPS) is 13.2. The molecule has 0 fully saturated rings. The minimum Gasteiger partial charge on any atom is -0.489 e. The molecule has 1 atom stereocenters. The second-order valence-corrected chi connectivity index (χ2v) is 9.44. The Morgan fingerprint density at radius 1 is 1.00 bits per heavy atom. The summed E-state index contributed by atoms with van der Waals surface area (Å²) < 4.78 is 5.76. The van der Waals surface area contributed by atoms with Crippen molar-refractivity contribution in [3.05, 3.63) is 63.1 Å². The molecule has 0 aliphatic rings. The Labute approximate surface area is 188 Å². The van der Waals surface area contributed by atoms with Crippen molar-refractivity contribution in [2.24, 2.45) is 5.41 Å². The third-order valence-electron chi connectivity index (χ3n) is 5.84. The zero-order chi connectivity index (χ0) is 22.7. The number of rotatable bonds is 8. The number of halogens is 2. The molecule has 2 rings (SSSR count). The van der Waals surface area contributed by atoms with Gasteiger partial charge in [0, 0.05) is 5.41 Å². The largest absolute Gasteiger partial charge is 0.489 e. The standard InChI is InChI=1S/C24H30Cl2O4/c1-6-24(7-2,15-8-10-17(22(28)29)18(25)12-15)16-9-11-20(19(26)13-16)30-14-21(27)23(3,4)5/h8-13,21,27H,6-7,14H2,1-5H3,(H,28,29). The molecule has 0 heterocycles. The van der Waals surface area contributed by atoms with Crippen LogP contribution >= 0.6 is 23.2 Å². The highest BCUT2D eigenvalue weighted by Gasteiger charge is 2.32. The molecular formula is C24H30Cl2O4. The first-order chi connectivity index (χ1) is 14.0. The van der Waals surface area contributed by atoms with Crippen molar-refractivity contribution in [3.8, 4) is 5.75 Å². The van der Waals surface area contributed by atoms with E-state index in [0.29, 0.717) is 10.8 Å². The van der Waals surface area contributed by atoms with E-state index in [1.54, 1.807) is 12.1 Å². The molecule has 30 heavy (non-hydrogen) atoms. The molecule has 1 unspecified atom stereocenters. The Morgan fingerprint density at radius 3 is 1.97 bits per heavy atom. The number of hydrogen-bond donors (Lipinski definition) is 2. The summed E-state index contributed by atoms with van der Waals surface area (Å²) in [6.45, 7) is 10.2. The molecule has 0 radical (unpaired) electrons. The molecule has 164 valence electrons. The number of ether oxygens (including phenoxy) is 1. The van der Waals surface area contributed by atoms with Gasteiger partial charge < -0.3 is 14.9 Å². The number of benzene rings is 2. The van der Waals surface area contributed by atoms with Gasteiger partial charge in [0.2, 0.25) is 0 Å². The fraction of sp³-hybridized carbons (Fsp3) is 0.458. The first-order valence-electron chi connectivity index (χ1n) is 10.1.